The van der Waals surface area contributed by atoms with Crippen LogP contribution in [0.15, 0.2) is 18.5 Å². The van der Waals surface area contributed by atoms with Crippen molar-refractivity contribution in [3.63, 3.8) is 0 Å². The molecule has 1 saturated heterocycles. The average Bonchev–Trinajstić information content (AvgIpc) is 2.29. The maximum Gasteiger partial charge on any atom is 0.139 e. The van der Waals surface area contributed by atoms with Crippen LogP contribution < -0.4 is 15.4 Å². The Balaban J connectivity index is 2.13. The maximum atomic E-state index is 5.94. The monoisotopic (exact) mass is 207 g/mol. The van der Waals surface area contributed by atoms with Gasteiger partial charge in [-0.25, -0.2) is 0 Å². The lowest BCUT2D eigenvalue weighted by atomic mass is 10.1. The molecule has 1 atom stereocenters. The topological polar surface area (TPSA) is 51.4 Å². The summed E-state index contributed by atoms with van der Waals surface area (Å²) in [5.74, 6) is 0.798. The Hall–Kier alpha value is -1.29. The smallest absolute Gasteiger partial charge is 0.139 e. The second-order valence-corrected chi connectivity index (χ2v) is 3.93. The number of hydrogen-bond acceptors (Lipinski definition) is 4. The minimum absolute atomic E-state index is 0.282. The molecule has 2 heterocycles. The van der Waals surface area contributed by atoms with Crippen LogP contribution in [-0.4, -0.2) is 31.2 Å². The van der Waals surface area contributed by atoms with E-state index in [0.717, 1.165) is 37.4 Å². The number of ether oxygens (including phenoxy) is 1. The average molecular weight is 207 g/mol. The van der Waals surface area contributed by atoms with Gasteiger partial charge in [-0.1, -0.05) is 0 Å². The number of hydrogen-bond donors (Lipinski definition) is 1. The minimum Gasteiger partial charge on any atom is -0.495 e. The summed E-state index contributed by atoms with van der Waals surface area (Å²) in [6.07, 6.45) is 5.85. The summed E-state index contributed by atoms with van der Waals surface area (Å²) in [4.78, 5) is 6.42. The van der Waals surface area contributed by atoms with E-state index in [1.54, 1.807) is 13.3 Å². The summed E-state index contributed by atoms with van der Waals surface area (Å²) in [5.41, 5.74) is 7.04. The van der Waals surface area contributed by atoms with Gasteiger partial charge in [-0.2, -0.15) is 0 Å². The summed E-state index contributed by atoms with van der Waals surface area (Å²) < 4.78 is 5.15. The second kappa shape index (κ2) is 4.49. The molecule has 15 heavy (non-hydrogen) atoms. The van der Waals surface area contributed by atoms with E-state index in [4.69, 9.17) is 10.5 Å². The Labute approximate surface area is 90.0 Å². The van der Waals surface area contributed by atoms with Crippen molar-refractivity contribution in [3.8, 4) is 5.75 Å². The van der Waals surface area contributed by atoms with Crippen LogP contribution in [-0.2, 0) is 0 Å². The molecule has 0 amide bonds. The van der Waals surface area contributed by atoms with Gasteiger partial charge in [0, 0.05) is 25.2 Å². The van der Waals surface area contributed by atoms with Crippen LogP contribution in [0.2, 0.25) is 0 Å². The lowest BCUT2D eigenvalue weighted by Gasteiger charge is -2.32. The van der Waals surface area contributed by atoms with Gasteiger partial charge >= 0.3 is 0 Å². The predicted octanol–water partition coefficient (Wildman–Crippen LogP) is 1.02. The molecule has 1 aliphatic rings. The van der Waals surface area contributed by atoms with Crippen molar-refractivity contribution in [3.05, 3.63) is 18.5 Å². The van der Waals surface area contributed by atoms with Crippen molar-refractivity contribution in [1.82, 2.24) is 4.98 Å². The lowest BCUT2D eigenvalue weighted by Crippen LogP contribution is -2.42. The number of anilines is 1. The number of piperidine rings is 1. The zero-order valence-corrected chi connectivity index (χ0v) is 9.02. The molecule has 82 valence electrons. The molecule has 2 rings (SSSR count). The van der Waals surface area contributed by atoms with E-state index in [0.29, 0.717) is 0 Å². The number of aromatic nitrogens is 1. The summed E-state index contributed by atoms with van der Waals surface area (Å²) >= 11 is 0. The molecule has 0 radical (unpaired) electrons. The van der Waals surface area contributed by atoms with Crippen LogP contribution in [0.25, 0.3) is 0 Å². The molecule has 1 aliphatic heterocycles. The van der Waals surface area contributed by atoms with Crippen LogP contribution in [0.1, 0.15) is 12.8 Å². The zero-order chi connectivity index (χ0) is 10.7. The van der Waals surface area contributed by atoms with E-state index < -0.39 is 0 Å². The first-order valence-electron chi connectivity index (χ1n) is 5.29. The Morgan fingerprint density at radius 2 is 2.40 bits per heavy atom. The molecule has 2 N–H and O–H groups in total. The van der Waals surface area contributed by atoms with Crippen molar-refractivity contribution in [2.24, 2.45) is 5.73 Å². The molecule has 4 nitrogen and oxygen atoms in total. The third-order valence-corrected chi connectivity index (χ3v) is 2.76. The lowest BCUT2D eigenvalue weighted by molar-refractivity contribution is 0.412. The largest absolute Gasteiger partial charge is 0.495 e. The van der Waals surface area contributed by atoms with Crippen LogP contribution >= 0.6 is 0 Å². The third-order valence-electron chi connectivity index (χ3n) is 2.76. The first-order valence-corrected chi connectivity index (χ1v) is 5.29. The summed E-state index contributed by atoms with van der Waals surface area (Å²) in [6.45, 7) is 1.97. The molecule has 0 aromatic carbocycles. The fourth-order valence-electron chi connectivity index (χ4n) is 1.94. The SMILES string of the molecule is COc1cncc(N2CCC[C@@H](N)C2)c1. The van der Waals surface area contributed by atoms with Crippen LogP contribution in [0.5, 0.6) is 5.75 Å². The van der Waals surface area contributed by atoms with Gasteiger partial charge in [-0.05, 0) is 12.8 Å². The molecule has 4 heteroatoms. The Bertz CT molecular complexity index is 329. The van der Waals surface area contributed by atoms with Gasteiger partial charge in [-0.15, -0.1) is 0 Å². The molecule has 0 unspecified atom stereocenters. The molecular formula is C11H17N3O. The van der Waals surface area contributed by atoms with Gasteiger partial charge in [0.2, 0.25) is 0 Å². The highest BCUT2D eigenvalue weighted by Crippen LogP contribution is 2.22. The number of pyridine rings is 1. The highest BCUT2D eigenvalue weighted by molar-refractivity contribution is 5.48. The normalized spacial score (nSPS) is 21.5. The van der Waals surface area contributed by atoms with Gasteiger partial charge in [0.1, 0.15) is 5.75 Å². The first kappa shape index (κ1) is 10.2. The molecule has 1 aromatic rings. The van der Waals surface area contributed by atoms with E-state index in [-0.39, 0.29) is 6.04 Å². The van der Waals surface area contributed by atoms with E-state index in [1.165, 1.54) is 0 Å². The summed E-state index contributed by atoms with van der Waals surface area (Å²) in [7, 11) is 1.66. The van der Waals surface area contributed by atoms with E-state index in [1.807, 2.05) is 12.3 Å². The number of rotatable bonds is 2. The second-order valence-electron chi connectivity index (χ2n) is 3.93. The van der Waals surface area contributed by atoms with Gasteiger partial charge in [0.05, 0.1) is 25.2 Å². The summed E-state index contributed by atoms with van der Waals surface area (Å²) in [6, 6.07) is 2.29. The van der Waals surface area contributed by atoms with Crippen LogP contribution in [0, 0.1) is 0 Å². The van der Waals surface area contributed by atoms with Crippen molar-refractivity contribution in [2.45, 2.75) is 18.9 Å². The predicted molar refractivity (Wildman–Crippen MR) is 60.2 cm³/mol. The molecule has 0 saturated carbocycles. The molecular weight excluding hydrogens is 190 g/mol. The fraction of sp³-hybridized carbons (Fsp3) is 0.545. The highest BCUT2D eigenvalue weighted by Gasteiger charge is 2.17. The van der Waals surface area contributed by atoms with E-state index >= 15 is 0 Å². The zero-order valence-electron chi connectivity index (χ0n) is 9.02. The third kappa shape index (κ3) is 2.39. The number of nitrogens with zero attached hydrogens (tertiary/aromatic N) is 2. The molecule has 1 aromatic heterocycles. The van der Waals surface area contributed by atoms with Gasteiger partial charge in [-0.3, -0.25) is 4.98 Å². The Kier molecular flexibility index (Phi) is 3.06. The standard InChI is InChI=1S/C11H17N3O/c1-15-11-5-10(6-13-7-11)14-4-2-3-9(12)8-14/h5-7,9H,2-4,8,12H2,1H3/t9-/m1/s1. The van der Waals surface area contributed by atoms with E-state index in [9.17, 15) is 0 Å². The maximum absolute atomic E-state index is 5.94. The Morgan fingerprint density at radius 1 is 1.53 bits per heavy atom. The molecule has 1 fully saturated rings. The van der Waals surface area contributed by atoms with Crippen molar-refractivity contribution < 1.29 is 4.74 Å². The van der Waals surface area contributed by atoms with Gasteiger partial charge in [0.15, 0.2) is 0 Å². The van der Waals surface area contributed by atoms with Crippen molar-refractivity contribution >= 4 is 5.69 Å². The minimum atomic E-state index is 0.282. The molecule has 0 aliphatic carbocycles. The van der Waals surface area contributed by atoms with Gasteiger partial charge < -0.3 is 15.4 Å². The van der Waals surface area contributed by atoms with Crippen molar-refractivity contribution in [2.75, 3.05) is 25.1 Å². The van der Waals surface area contributed by atoms with Crippen LogP contribution in [0.4, 0.5) is 5.69 Å². The highest BCUT2D eigenvalue weighted by atomic mass is 16.5. The fourth-order valence-corrected chi connectivity index (χ4v) is 1.94. The summed E-state index contributed by atoms with van der Waals surface area (Å²) in [5, 5.41) is 0. The van der Waals surface area contributed by atoms with Gasteiger partial charge in [0.25, 0.3) is 0 Å². The Morgan fingerprint density at radius 3 is 3.13 bits per heavy atom. The number of nitrogens with two attached hydrogens (primary N) is 1. The number of methoxy groups -OCH3 is 1. The van der Waals surface area contributed by atoms with E-state index in [2.05, 4.69) is 9.88 Å². The quantitative estimate of drug-likeness (QED) is 0.786. The first-order chi connectivity index (χ1) is 7.29. The molecule has 0 bridgehead atoms. The van der Waals surface area contributed by atoms with Crippen LogP contribution in [0.3, 0.4) is 0 Å². The van der Waals surface area contributed by atoms with Crippen molar-refractivity contribution in [1.29, 1.82) is 0 Å². The molecule has 0 spiro atoms.